The molecule has 3 aromatic rings. The summed E-state index contributed by atoms with van der Waals surface area (Å²) in [5.41, 5.74) is 0.208. The predicted octanol–water partition coefficient (Wildman–Crippen LogP) is 2.71. The second kappa shape index (κ2) is 9.47. The summed E-state index contributed by atoms with van der Waals surface area (Å²) >= 11 is 1.54. The van der Waals surface area contributed by atoms with Crippen molar-refractivity contribution in [2.45, 2.75) is 49.6 Å². The van der Waals surface area contributed by atoms with Crippen LogP contribution in [-0.2, 0) is 16.6 Å². The van der Waals surface area contributed by atoms with Gasteiger partial charge in [-0.2, -0.15) is 4.31 Å². The number of rotatable bonds is 8. The van der Waals surface area contributed by atoms with Gasteiger partial charge in [-0.15, -0.1) is 16.4 Å². The summed E-state index contributed by atoms with van der Waals surface area (Å²) in [6.45, 7) is 1.56. The van der Waals surface area contributed by atoms with Crippen LogP contribution in [0.25, 0.3) is 10.7 Å². The minimum atomic E-state index is -3.53. The molecule has 0 bridgehead atoms. The lowest BCUT2D eigenvalue weighted by Crippen LogP contribution is -2.35. The maximum absolute atomic E-state index is 12.9. The molecular formula is C23H27N5O4S2. The molecule has 0 radical (unpaired) electrons. The van der Waals surface area contributed by atoms with E-state index in [4.69, 9.17) is 0 Å². The van der Waals surface area contributed by atoms with Gasteiger partial charge in [-0.3, -0.25) is 9.36 Å². The molecule has 0 atom stereocenters. The van der Waals surface area contributed by atoms with E-state index in [2.05, 4.69) is 10.4 Å². The smallest absolute Gasteiger partial charge is 0.346 e. The summed E-state index contributed by atoms with van der Waals surface area (Å²) in [5.74, 6) is 0.356. The number of hydrogen-bond acceptors (Lipinski definition) is 6. The molecule has 1 saturated carbocycles. The Morgan fingerprint density at radius 2 is 1.82 bits per heavy atom. The van der Waals surface area contributed by atoms with Gasteiger partial charge in [0.2, 0.25) is 10.0 Å². The van der Waals surface area contributed by atoms with Gasteiger partial charge < -0.3 is 5.32 Å². The van der Waals surface area contributed by atoms with E-state index in [1.807, 2.05) is 17.5 Å². The number of carbonyl (C=O) groups is 1. The third-order valence-electron chi connectivity index (χ3n) is 6.20. The number of sulfonamides is 1. The average molecular weight is 502 g/mol. The zero-order valence-corrected chi connectivity index (χ0v) is 20.4. The quantitative estimate of drug-likeness (QED) is 0.511. The molecule has 2 fully saturated rings. The summed E-state index contributed by atoms with van der Waals surface area (Å²) < 4.78 is 30.2. The molecule has 11 heteroatoms. The molecule has 0 unspecified atom stereocenters. The molecule has 2 aromatic heterocycles. The first-order valence-electron chi connectivity index (χ1n) is 11.6. The van der Waals surface area contributed by atoms with Gasteiger partial charge in [-0.05, 0) is 61.4 Å². The Kier molecular flexibility index (Phi) is 6.41. The summed E-state index contributed by atoms with van der Waals surface area (Å²) in [4.78, 5) is 26.6. The summed E-state index contributed by atoms with van der Waals surface area (Å²) in [5, 5.41) is 9.28. The molecule has 34 heavy (non-hydrogen) atoms. The summed E-state index contributed by atoms with van der Waals surface area (Å²) in [7, 11) is -3.53. The monoisotopic (exact) mass is 501 g/mol. The highest BCUT2D eigenvalue weighted by molar-refractivity contribution is 7.89. The maximum atomic E-state index is 12.9. The minimum absolute atomic E-state index is 0.160. The first-order chi connectivity index (χ1) is 16.4. The Labute approximate surface area is 202 Å². The number of nitrogens with one attached hydrogen (secondary N) is 1. The predicted molar refractivity (Wildman–Crippen MR) is 129 cm³/mol. The third-order valence-corrected chi connectivity index (χ3v) is 8.98. The van der Waals surface area contributed by atoms with Crippen LogP contribution in [0.2, 0.25) is 0 Å². The van der Waals surface area contributed by atoms with Crippen molar-refractivity contribution in [3.63, 3.8) is 0 Å². The molecule has 1 aromatic carbocycles. The van der Waals surface area contributed by atoms with Crippen LogP contribution in [0.5, 0.6) is 0 Å². The molecule has 0 spiro atoms. The van der Waals surface area contributed by atoms with Crippen LogP contribution in [0.15, 0.2) is 51.5 Å². The van der Waals surface area contributed by atoms with E-state index in [-0.39, 0.29) is 35.6 Å². The standard InChI is InChI=1S/C23H27N5O4S2/c29-22(17-6-10-19(11-7-17)34(31,32)26-13-2-1-3-14-26)24-12-15-27-23(30)28(18-8-9-18)21(25-27)20-5-4-16-33-20/h4-7,10-11,16,18H,1-3,8-9,12-15H2,(H,24,29). The van der Waals surface area contributed by atoms with Gasteiger partial charge in [0.15, 0.2) is 5.82 Å². The summed E-state index contributed by atoms with van der Waals surface area (Å²) in [6, 6.07) is 10.1. The van der Waals surface area contributed by atoms with E-state index >= 15 is 0 Å². The second-order valence-electron chi connectivity index (χ2n) is 8.65. The number of hydrogen-bond donors (Lipinski definition) is 1. The van der Waals surface area contributed by atoms with Crippen molar-refractivity contribution >= 4 is 27.3 Å². The molecule has 1 aliphatic carbocycles. The Hall–Kier alpha value is -2.76. The fourth-order valence-electron chi connectivity index (χ4n) is 4.21. The van der Waals surface area contributed by atoms with Crippen LogP contribution < -0.4 is 11.0 Å². The average Bonchev–Trinajstić information content (AvgIpc) is 3.43. The fraction of sp³-hybridized carbons (Fsp3) is 0.435. The van der Waals surface area contributed by atoms with E-state index in [1.54, 1.807) is 15.9 Å². The van der Waals surface area contributed by atoms with Gasteiger partial charge in [0.05, 0.1) is 16.3 Å². The molecule has 1 N–H and O–H groups in total. The first-order valence-corrected chi connectivity index (χ1v) is 13.9. The van der Waals surface area contributed by atoms with Crippen LogP contribution in [0.1, 0.15) is 48.5 Å². The van der Waals surface area contributed by atoms with Gasteiger partial charge in [-0.25, -0.2) is 17.9 Å². The van der Waals surface area contributed by atoms with Crippen molar-refractivity contribution in [3.8, 4) is 10.7 Å². The highest BCUT2D eigenvalue weighted by Crippen LogP contribution is 2.37. The maximum Gasteiger partial charge on any atom is 0.346 e. The Morgan fingerprint density at radius 3 is 2.47 bits per heavy atom. The highest BCUT2D eigenvalue weighted by Gasteiger charge is 2.30. The van der Waals surface area contributed by atoms with E-state index in [0.29, 0.717) is 24.5 Å². The molecule has 5 rings (SSSR count). The van der Waals surface area contributed by atoms with Crippen molar-refractivity contribution in [2.24, 2.45) is 0 Å². The Morgan fingerprint density at radius 1 is 1.09 bits per heavy atom. The van der Waals surface area contributed by atoms with Crippen molar-refractivity contribution in [2.75, 3.05) is 19.6 Å². The van der Waals surface area contributed by atoms with E-state index in [0.717, 1.165) is 37.0 Å². The van der Waals surface area contributed by atoms with Gasteiger partial charge >= 0.3 is 5.69 Å². The Balaban J connectivity index is 1.22. The van der Waals surface area contributed by atoms with Gasteiger partial charge in [0.25, 0.3) is 5.91 Å². The molecule has 3 heterocycles. The summed E-state index contributed by atoms with van der Waals surface area (Å²) in [6.07, 6.45) is 4.74. The molecule has 9 nitrogen and oxygen atoms in total. The van der Waals surface area contributed by atoms with Crippen molar-refractivity contribution < 1.29 is 13.2 Å². The number of thiophene rings is 1. The van der Waals surface area contributed by atoms with Gasteiger partial charge in [0.1, 0.15) is 0 Å². The minimum Gasteiger partial charge on any atom is -0.350 e. The molecule has 2 aliphatic rings. The second-order valence-corrected chi connectivity index (χ2v) is 11.5. The lowest BCUT2D eigenvalue weighted by Gasteiger charge is -2.25. The topological polar surface area (TPSA) is 106 Å². The van der Waals surface area contributed by atoms with Crippen LogP contribution in [0.3, 0.4) is 0 Å². The molecule has 1 aliphatic heterocycles. The largest absolute Gasteiger partial charge is 0.350 e. The van der Waals surface area contributed by atoms with Crippen LogP contribution >= 0.6 is 11.3 Å². The zero-order chi connectivity index (χ0) is 23.7. The van der Waals surface area contributed by atoms with E-state index in [1.165, 1.54) is 33.3 Å². The molecule has 1 amide bonds. The van der Waals surface area contributed by atoms with Crippen LogP contribution in [0.4, 0.5) is 0 Å². The number of benzene rings is 1. The molecular weight excluding hydrogens is 474 g/mol. The van der Waals surface area contributed by atoms with Crippen molar-refractivity contribution in [3.05, 3.63) is 57.8 Å². The number of carbonyl (C=O) groups excluding carboxylic acids is 1. The first kappa shape index (κ1) is 23.0. The fourth-order valence-corrected chi connectivity index (χ4v) is 6.43. The van der Waals surface area contributed by atoms with Crippen molar-refractivity contribution in [1.29, 1.82) is 0 Å². The highest BCUT2D eigenvalue weighted by atomic mass is 32.2. The molecule has 180 valence electrons. The normalized spacial score (nSPS) is 17.1. The number of piperidine rings is 1. The number of nitrogens with zero attached hydrogens (tertiary/aromatic N) is 4. The van der Waals surface area contributed by atoms with E-state index < -0.39 is 10.0 Å². The van der Waals surface area contributed by atoms with E-state index in [9.17, 15) is 18.0 Å². The third kappa shape index (κ3) is 4.59. The Bertz CT molecular complexity index is 1320. The lowest BCUT2D eigenvalue weighted by atomic mass is 10.2. The van der Waals surface area contributed by atoms with Crippen molar-refractivity contribution in [1.82, 2.24) is 24.0 Å². The zero-order valence-electron chi connectivity index (χ0n) is 18.7. The van der Waals surface area contributed by atoms with Gasteiger partial charge in [-0.1, -0.05) is 12.5 Å². The lowest BCUT2D eigenvalue weighted by molar-refractivity contribution is 0.0951. The van der Waals surface area contributed by atoms with Crippen LogP contribution in [0, 0.1) is 0 Å². The number of aromatic nitrogens is 3. The molecule has 1 saturated heterocycles. The van der Waals surface area contributed by atoms with Crippen LogP contribution in [-0.4, -0.2) is 52.6 Å². The van der Waals surface area contributed by atoms with Gasteiger partial charge in [0, 0.05) is 31.2 Å². The SMILES string of the molecule is O=C(NCCn1nc(-c2cccs2)n(C2CC2)c1=O)c1ccc(S(=O)(=O)N2CCCCC2)cc1. The number of amides is 1.